The highest BCUT2D eigenvalue weighted by Gasteiger charge is 2.45. The van der Waals surface area contributed by atoms with Crippen LogP contribution in [0.2, 0.25) is 0 Å². The zero-order chi connectivity index (χ0) is 27.5. The largest absolute Gasteiger partial charge is 0.490 e. The summed E-state index contributed by atoms with van der Waals surface area (Å²) in [5.41, 5.74) is 0.879. The third-order valence-corrected chi connectivity index (χ3v) is 10.3. The SMILES string of the molecule is COc1cn(-c2nc3ccc(C)cc3n(C3CC4CCCC(C3)N4C3CC4CCCC(C4)C3)c2=O)c(=O)[nH]c1=O. The maximum atomic E-state index is 14.3. The van der Waals surface area contributed by atoms with E-state index < -0.39 is 11.2 Å². The van der Waals surface area contributed by atoms with Gasteiger partial charge in [0.15, 0.2) is 0 Å². The number of piperidine rings is 2. The summed E-state index contributed by atoms with van der Waals surface area (Å²) in [7, 11) is 1.36. The molecule has 2 aliphatic carbocycles. The number of aryl methyl sites for hydroxylation is 1. The lowest BCUT2D eigenvalue weighted by Crippen LogP contribution is -2.58. The predicted molar refractivity (Wildman–Crippen MR) is 154 cm³/mol. The molecule has 1 aromatic carbocycles. The molecule has 40 heavy (non-hydrogen) atoms. The van der Waals surface area contributed by atoms with Crippen molar-refractivity contribution in [1.29, 1.82) is 0 Å². The molecule has 0 spiro atoms. The van der Waals surface area contributed by atoms with E-state index in [4.69, 9.17) is 4.74 Å². The van der Waals surface area contributed by atoms with E-state index in [2.05, 4.69) is 14.9 Å². The molecule has 0 radical (unpaired) electrons. The van der Waals surface area contributed by atoms with Crippen LogP contribution in [0.4, 0.5) is 0 Å². The minimum absolute atomic E-state index is 0.0106. The molecule has 2 saturated heterocycles. The Kier molecular flexibility index (Phi) is 6.45. The smallest absolute Gasteiger partial charge is 0.334 e. The van der Waals surface area contributed by atoms with Crippen LogP contribution in [-0.4, -0.2) is 49.2 Å². The van der Waals surface area contributed by atoms with Crippen LogP contribution in [0.25, 0.3) is 16.9 Å². The molecule has 2 aromatic heterocycles. The van der Waals surface area contributed by atoms with Crippen molar-refractivity contribution >= 4 is 11.0 Å². The number of H-pyrrole nitrogens is 1. The molecular weight excluding hydrogens is 506 g/mol. The summed E-state index contributed by atoms with van der Waals surface area (Å²) in [4.78, 5) is 49.1. The van der Waals surface area contributed by atoms with E-state index in [9.17, 15) is 14.4 Å². The number of methoxy groups -OCH3 is 1. The maximum Gasteiger partial charge on any atom is 0.334 e. The molecule has 4 bridgehead atoms. The van der Waals surface area contributed by atoms with E-state index in [1.54, 1.807) is 0 Å². The van der Waals surface area contributed by atoms with Crippen LogP contribution in [0.15, 0.2) is 38.8 Å². The Hall–Kier alpha value is -3.20. The number of hydrogen-bond donors (Lipinski definition) is 1. The van der Waals surface area contributed by atoms with E-state index in [-0.39, 0.29) is 23.2 Å². The van der Waals surface area contributed by atoms with Gasteiger partial charge in [0.2, 0.25) is 11.6 Å². The zero-order valence-corrected chi connectivity index (χ0v) is 23.5. The van der Waals surface area contributed by atoms with Crippen LogP contribution in [-0.2, 0) is 0 Å². The van der Waals surface area contributed by atoms with E-state index in [0.717, 1.165) is 40.3 Å². The Morgan fingerprint density at radius 2 is 1.57 bits per heavy atom. The number of nitrogens with one attached hydrogen (secondary N) is 1. The highest BCUT2D eigenvalue weighted by Crippen LogP contribution is 2.47. The molecule has 212 valence electrons. The lowest BCUT2D eigenvalue weighted by atomic mass is 9.68. The van der Waals surface area contributed by atoms with Crippen LogP contribution in [0, 0.1) is 18.8 Å². The lowest BCUT2D eigenvalue weighted by molar-refractivity contribution is -0.0485. The van der Waals surface area contributed by atoms with E-state index >= 15 is 0 Å². The van der Waals surface area contributed by atoms with Gasteiger partial charge >= 0.3 is 5.69 Å². The van der Waals surface area contributed by atoms with Crippen molar-refractivity contribution in [1.82, 2.24) is 24.0 Å². The molecule has 4 aliphatic rings. The molecule has 9 heteroatoms. The molecule has 4 heterocycles. The Morgan fingerprint density at radius 1 is 0.875 bits per heavy atom. The first kappa shape index (κ1) is 25.7. The second-order valence-corrected chi connectivity index (χ2v) is 12.8. The van der Waals surface area contributed by atoms with Crippen molar-refractivity contribution in [3.05, 3.63) is 61.2 Å². The van der Waals surface area contributed by atoms with Crippen molar-refractivity contribution in [2.45, 2.75) is 102 Å². The summed E-state index contributed by atoms with van der Waals surface area (Å²) < 4.78 is 8.18. The van der Waals surface area contributed by atoms with Gasteiger partial charge < -0.3 is 9.30 Å². The van der Waals surface area contributed by atoms with Crippen LogP contribution in [0.5, 0.6) is 5.75 Å². The van der Waals surface area contributed by atoms with Crippen LogP contribution in [0.1, 0.15) is 82.2 Å². The van der Waals surface area contributed by atoms with Crippen molar-refractivity contribution in [3.63, 3.8) is 0 Å². The van der Waals surface area contributed by atoms with Crippen LogP contribution < -0.4 is 21.5 Å². The molecule has 2 saturated carbocycles. The molecule has 2 aliphatic heterocycles. The van der Waals surface area contributed by atoms with Gasteiger partial charge in [0.05, 0.1) is 24.3 Å². The number of nitrogens with zero attached hydrogens (tertiary/aromatic N) is 4. The molecule has 4 atom stereocenters. The number of fused-ring (bicyclic) bond motifs is 5. The minimum atomic E-state index is -0.706. The molecule has 3 aromatic rings. The number of rotatable bonds is 4. The van der Waals surface area contributed by atoms with E-state index in [1.165, 1.54) is 71.1 Å². The summed E-state index contributed by atoms with van der Waals surface area (Å²) in [6, 6.07) is 7.57. The van der Waals surface area contributed by atoms with Crippen molar-refractivity contribution in [2.75, 3.05) is 7.11 Å². The van der Waals surface area contributed by atoms with Crippen molar-refractivity contribution in [2.24, 2.45) is 11.8 Å². The van der Waals surface area contributed by atoms with E-state index in [0.29, 0.717) is 23.6 Å². The fourth-order valence-electron chi connectivity index (χ4n) is 8.71. The zero-order valence-electron chi connectivity index (χ0n) is 23.5. The molecule has 4 unspecified atom stereocenters. The molecule has 9 nitrogen and oxygen atoms in total. The topological polar surface area (TPSA) is 102 Å². The second-order valence-electron chi connectivity index (χ2n) is 12.8. The van der Waals surface area contributed by atoms with Gasteiger partial charge in [-0.1, -0.05) is 31.7 Å². The fraction of sp³-hybridized carbons (Fsp3) is 0.613. The molecule has 4 fully saturated rings. The van der Waals surface area contributed by atoms with Crippen molar-refractivity contribution < 1.29 is 4.74 Å². The first-order chi connectivity index (χ1) is 19.4. The third kappa shape index (κ3) is 4.33. The average Bonchev–Trinajstić information content (AvgIpc) is 2.92. The second kappa shape index (κ2) is 10.0. The van der Waals surface area contributed by atoms with Crippen LogP contribution >= 0.6 is 0 Å². The number of benzene rings is 1. The van der Waals surface area contributed by atoms with E-state index in [1.807, 2.05) is 29.7 Å². The average molecular weight is 546 g/mol. The standard InChI is InChI=1S/C31H39N5O4/c1-18-9-10-25-26(11-18)36(30(38)28(32-25)34-17-27(40-2)29(37)33-31(34)39)24-15-21-7-4-8-22(16-24)35(21)23-13-19-5-3-6-20(12-19)14-23/h9-11,17,19-24H,3-8,12-16H2,1-2H3,(H,33,37,39). The minimum Gasteiger partial charge on any atom is -0.490 e. The Bertz CT molecular complexity index is 1600. The van der Waals surface area contributed by atoms with Gasteiger partial charge in [-0.15, -0.1) is 0 Å². The summed E-state index contributed by atoms with van der Waals surface area (Å²) in [5.74, 6) is 1.72. The van der Waals surface area contributed by atoms with Gasteiger partial charge in [-0.2, -0.15) is 0 Å². The number of aromatic amines is 1. The monoisotopic (exact) mass is 545 g/mol. The Balaban J connectivity index is 1.31. The van der Waals surface area contributed by atoms with Gasteiger partial charge in [0.1, 0.15) is 0 Å². The molecule has 1 N–H and O–H groups in total. The fourth-order valence-corrected chi connectivity index (χ4v) is 8.71. The maximum absolute atomic E-state index is 14.3. The summed E-state index contributed by atoms with van der Waals surface area (Å²) in [6.45, 7) is 2.02. The highest BCUT2D eigenvalue weighted by molar-refractivity contribution is 5.76. The van der Waals surface area contributed by atoms with Crippen LogP contribution in [0.3, 0.4) is 0 Å². The normalized spacial score (nSPS) is 30.4. The van der Waals surface area contributed by atoms with Crippen molar-refractivity contribution in [3.8, 4) is 11.6 Å². The lowest BCUT2D eigenvalue weighted by Gasteiger charge is -2.55. The molecule has 0 amide bonds. The molecule has 7 rings (SSSR count). The van der Waals surface area contributed by atoms with Gasteiger partial charge in [-0.05, 0) is 81.4 Å². The van der Waals surface area contributed by atoms with Gasteiger partial charge in [0, 0.05) is 24.2 Å². The van der Waals surface area contributed by atoms with Gasteiger partial charge in [-0.25, -0.2) is 14.3 Å². The Morgan fingerprint density at radius 3 is 2.27 bits per heavy atom. The summed E-state index contributed by atoms with van der Waals surface area (Å²) in [5, 5.41) is 0. The quantitative estimate of drug-likeness (QED) is 0.530. The van der Waals surface area contributed by atoms with Gasteiger partial charge in [-0.3, -0.25) is 19.5 Å². The summed E-state index contributed by atoms with van der Waals surface area (Å²) in [6.07, 6.45) is 15.0. The first-order valence-corrected chi connectivity index (χ1v) is 15.1. The predicted octanol–water partition coefficient (Wildman–Crippen LogP) is 4.08. The highest BCUT2D eigenvalue weighted by atomic mass is 16.5. The Labute approximate surface area is 233 Å². The number of hydrogen-bond acceptors (Lipinski definition) is 6. The third-order valence-electron chi connectivity index (χ3n) is 10.3. The summed E-state index contributed by atoms with van der Waals surface area (Å²) >= 11 is 0. The first-order valence-electron chi connectivity index (χ1n) is 15.1. The number of ether oxygens (including phenoxy) is 1. The number of aromatic nitrogens is 4. The van der Waals surface area contributed by atoms with Gasteiger partial charge in [0.25, 0.3) is 11.1 Å². The molecular formula is C31H39N5O4.